The molecule has 1 heterocycles. The molecule has 18 heavy (non-hydrogen) atoms. The Morgan fingerprint density at radius 3 is 2.33 bits per heavy atom. The normalized spacial score (nSPS) is 16.9. The number of piperazine rings is 1. The van der Waals surface area contributed by atoms with Crippen LogP contribution in [0, 0.1) is 6.92 Å². The van der Waals surface area contributed by atoms with Crippen molar-refractivity contribution in [2.75, 3.05) is 39.3 Å². The van der Waals surface area contributed by atoms with Gasteiger partial charge in [0.15, 0.2) is 0 Å². The van der Waals surface area contributed by atoms with Gasteiger partial charge in [-0.15, -0.1) is 0 Å². The first-order chi connectivity index (χ1) is 8.70. The third-order valence-electron chi connectivity index (χ3n) is 3.56. The molecule has 1 fully saturated rings. The van der Waals surface area contributed by atoms with Crippen LogP contribution >= 0.6 is 0 Å². The summed E-state index contributed by atoms with van der Waals surface area (Å²) in [5.41, 5.74) is 3.59. The van der Waals surface area contributed by atoms with Crippen molar-refractivity contribution in [2.45, 2.75) is 6.92 Å². The summed E-state index contributed by atoms with van der Waals surface area (Å²) in [6.07, 6.45) is 0. The molecule has 0 atom stereocenters. The summed E-state index contributed by atoms with van der Waals surface area (Å²) in [6.45, 7) is 11.3. The number of aryl methyl sites for hydroxylation is 1. The number of benzene rings is 1. The highest BCUT2D eigenvalue weighted by atomic mass is 16.3. The van der Waals surface area contributed by atoms with Crippen LogP contribution in [0.5, 0.6) is 0 Å². The number of nitrogens with zero attached hydrogens (tertiary/aromatic N) is 2. The first kappa shape index (κ1) is 13.1. The monoisotopic (exact) mass is 246 g/mol. The zero-order valence-electron chi connectivity index (χ0n) is 11.1. The number of β-amino-alcohol motifs (C(OH)–C–C–N with tert-alkyl or cyclic N) is 1. The van der Waals surface area contributed by atoms with Crippen LogP contribution in [0.2, 0.25) is 0 Å². The molecule has 3 nitrogen and oxygen atoms in total. The zero-order valence-corrected chi connectivity index (χ0v) is 11.1. The quantitative estimate of drug-likeness (QED) is 0.873. The van der Waals surface area contributed by atoms with Crippen molar-refractivity contribution in [3.05, 3.63) is 42.0 Å². The van der Waals surface area contributed by atoms with Crippen LogP contribution in [0.1, 0.15) is 11.1 Å². The number of aliphatic hydroxyl groups excluding tert-OH is 1. The van der Waals surface area contributed by atoms with E-state index in [-0.39, 0.29) is 6.61 Å². The van der Waals surface area contributed by atoms with Crippen molar-refractivity contribution < 1.29 is 5.11 Å². The van der Waals surface area contributed by atoms with Gasteiger partial charge in [-0.05, 0) is 12.5 Å². The lowest BCUT2D eigenvalue weighted by Crippen LogP contribution is -2.46. The van der Waals surface area contributed by atoms with Gasteiger partial charge in [-0.25, -0.2) is 0 Å². The second kappa shape index (κ2) is 6.03. The van der Waals surface area contributed by atoms with E-state index in [9.17, 15) is 0 Å². The Balaban J connectivity index is 1.93. The topological polar surface area (TPSA) is 26.7 Å². The Morgan fingerprint density at radius 2 is 1.78 bits per heavy atom. The third kappa shape index (κ3) is 3.12. The lowest BCUT2D eigenvalue weighted by atomic mass is 10.1. The van der Waals surface area contributed by atoms with E-state index in [1.54, 1.807) is 0 Å². The van der Waals surface area contributed by atoms with Gasteiger partial charge in [0.05, 0.1) is 6.61 Å². The van der Waals surface area contributed by atoms with Gasteiger partial charge < -0.3 is 10.0 Å². The van der Waals surface area contributed by atoms with E-state index >= 15 is 0 Å². The van der Waals surface area contributed by atoms with Crippen molar-refractivity contribution in [3.8, 4) is 0 Å². The molecule has 0 spiro atoms. The van der Waals surface area contributed by atoms with E-state index in [0.717, 1.165) is 38.4 Å². The molecular weight excluding hydrogens is 224 g/mol. The predicted molar refractivity (Wildman–Crippen MR) is 75.3 cm³/mol. The smallest absolute Gasteiger partial charge is 0.0558 e. The number of aliphatic hydroxyl groups is 1. The van der Waals surface area contributed by atoms with Crippen LogP contribution < -0.4 is 0 Å². The Kier molecular flexibility index (Phi) is 4.39. The zero-order chi connectivity index (χ0) is 13.0. The van der Waals surface area contributed by atoms with Crippen molar-refractivity contribution in [2.24, 2.45) is 0 Å². The van der Waals surface area contributed by atoms with E-state index < -0.39 is 0 Å². The number of hydrogen-bond donors (Lipinski definition) is 1. The standard InChI is InChI=1S/C15H22N2O/c1-13-3-5-15(6-4-13)14(2)17-9-7-16(8-10-17)11-12-18/h3-6,18H,2,7-12H2,1H3. The highest BCUT2D eigenvalue weighted by Gasteiger charge is 2.17. The second-order valence-electron chi connectivity index (χ2n) is 4.87. The van der Waals surface area contributed by atoms with Crippen molar-refractivity contribution in [3.63, 3.8) is 0 Å². The van der Waals surface area contributed by atoms with Crippen molar-refractivity contribution in [1.82, 2.24) is 9.80 Å². The van der Waals surface area contributed by atoms with Gasteiger partial charge in [-0.3, -0.25) is 4.90 Å². The van der Waals surface area contributed by atoms with Crippen LogP contribution in [0.3, 0.4) is 0 Å². The van der Waals surface area contributed by atoms with Crippen LogP contribution in [-0.2, 0) is 0 Å². The average Bonchev–Trinajstić information content (AvgIpc) is 2.40. The van der Waals surface area contributed by atoms with Crippen LogP contribution in [0.25, 0.3) is 5.70 Å². The fraction of sp³-hybridized carbons (Fsp3) is 0.467. The Bertz CT molecular complexity index is 391. The summed E-state index contributed by atoms with van der Waals surface area (Å²) in [6, 6.07) is 8.53. The third-order valence-corrected chi connectivity index (χ3v) is 3.56. The van der Waals surface area contributed by atoms with E-state index in [1.165, 1.54) is 11.1 Å². The predicted octanol–water partition coefficient (Wildman–Crippen LogP) is 1.58. The van der Waals surface area contributed by atoms with E-state index in [0.29, 0.717) is 0 Å². The summed E-state index contributed by atoms with van der Waals surface area (Å²) in [5.74, 6) is 0. The minimum Gasteiger partial charge on any atom is -0.395 e. The molecule has 98 valence electrons. The lowest BCUT2D eigenvalue weighted by molar-refractivity contribution is 0.143. The van der Waals surface area contributed by atoms with E-state index in [2.05, 4.69) is 47.6 Å². The van der Waals surface area contributed by atoms with E-state index in [1.807, 2.05) is 0 Å². The lowest BCUT2D eigenvalue weighted by Gasteiger charge is -2.36. The first-order valence-electron chi connectivity index (χ1n) is 6.55. The molecule has 0 aliphatic carbocycles. The summed E-state index contributed by atoms with van der Waals surface area (Å²) < 4.78 is 0. The first-order valence-corrected chi connectivity index (χ1v) is 6.55. The van der Waals surface area contributed by atoms with Crippen LogP contribution in [0.15, 0.2) is 30.8 Å². The van der Waals surface area contributed by atoms with Crippen molar-refractivity contribution in [1.29, 1.82) is 0 Å². The SMILES string of the molecule is C=C(c1ccc(C)cc1)N1CCN(CCO)CC1. The molecule has 0 amide bonds. The van der Waals surface area contributed by atoms with E-state index in [4.69, 9.17) is 5.11 Å². The van der Waals surface area contributed by atoms with Gasteiger partial charge in [0.1, 0.15) is 0 Å². The highest BCUT2D eigenvalue weighted by molar-refractivity contribution is 5.62. The molecular formula is C15H22N2O. The molecule has 3 heteroatoms. The summed E-state index contributed by atoms with van der Waals surface area (Å²) in [5, 5.41) is 8.92. The molecule has 0 saturated carbocycles. The molecule has 0 radical (unpaired) electrons. The Labute approximate surface area is 109 Å². The Hall–Kier alpha value is -1.32. The Morgan fingerprint density at radius 1 is 1.17 bits per heavy atom. The molecule has 1 aliphatic rings. The molecule has 0 bridgehead atoms. The maximum Gasteiger partial charge on any atom is 0.0558 e. The molecule has 0 unspecified atom stereocenters. The summed E-state index contributed by atoms with van der Waals surface area (Å²) in [7, 11) is 0. The largest absolute Gasteiger partial charge is 0.395 e. The van der Waals surface area contributed by atoms with Gasteiger partial charge in [0, 0.05) is 38.4 Å². The van der Waals surface area contributed by atoms with Gasteiger partial charge in [0.25, 0.3) is 0 Å². The fourth-order valence-electron chi connectivity index (χ4n) is 2.31. The molecule has 1 aromatic carbocycles. The summed E-state index contributed by atoms with van der Waals surface area (Å²) in [4.78, 5) is 4.62. The molecule has 1 saturated heterocycles. The number of rotatable bonds is 4. The highest BCUT2D eigenvalue weighted by Crippen LogP contribution is 2.19. The van der Waals surface area contributed by atoms with Gasteiger partial charge in [0.2, 0.25) is 0 Å². The maximum atomic E-state index is 8.92. The van der Waals surface area contributed by atoms with Gasteiger partial charge >= 0.3 is 0 Å². The minimum absolute atomic E-state index is 0.249. The maximum absolute atomic E-state index is 8.92. The molecule has 1 aromatic rings. The second-order valence-corrected chi connectivity index (χ2v) is 4.87. The van der Waals surface area contributed by atoms with Gasteiger partial charge in [-0.2, -0.15) is 0 Å². The molecule has 1 aliphatic heterocycles. The number of hydrogen-bond acceptors (Lipinski definition) is 3. The van der Waals surface area contributed by atoms with Crippen molar-refractivity contribution >= 4 is 5.70 Å². The average molecular weight is 246 g/mol. The minimum atomic E-state index is 0.249. The van der Waals surface area contributed by atoms with Crippen LogP contribution in [0.4, 0.5) is 0 Å². The van der Waals surface area contributed by atoms with Crippen LogP contribution in [-0.4, -0.2) is 54.2 Å². The van der Waals surface area contributed by atoms with Gasteiger partial charge in [-0.1, -0.05) is 36.4 Å². The molecule has 0 aromatic heterocycles. The molecule has 2 rings (SSSR count). The summed E-state index contributed by atoms with van der Waals surface area (Å²) >= 11 is 0. The molecule has 1 N–H and O–H groups in total. The fourth-order valence-corrected chi connectivity index (χ4v) is 2.31.